The van der Waals surface area contributed by atoms with Gasteiger partial charge in [-0.15, -0.1) is 0 Å². The quantitative estimate of drug-likeness (QED) is 0.158. The summed E-state index contributed by atoms with van der Waals surface area (Å²) in [5.74, 6) is 0.972. The molecule has 1 saturated heterocycles. The van der Waals surface area contributed by atoms with Crippen LogP contribution in [0.3, 0.4) is 0 Å². The van der Waals surface area contributed by atoms with Crippen LogP contribution in [0.1, 0.15) is 60.1 Å². The van der Waals surface area contributed by atoms with Gasteiger partial charge in [0.2, 0.25) is 0 Å². The Morgan fingerprint density at radius 3 is 2.44 bits per heavy atom. The summed E-state index contributed by atoms with van der Waals surface area (Å²) in [5.41, 5.74) is 6.64. The number of methoxy groups -OCH3 is 1. The number of hydrogen-bond acceptors (Lipinski definition) is 5. The molecule has 2 atom stereocenters. The van der Waals surface area contributed by atoms with Crippen molar-refractivity contribution >= 4 is 28.7 Å². The van der Waals surface area contributed by atoms with E-state index in [-0.39, 0.29) is 17.8 Å². The molecular weight excluding hydrogens is 510 g/mol. The number of non-ortho nitro benzene ring substituents is 1. The van der Waals surface area contributed by atoms with Gasteiger partial charge < -0.3 is 19.5 Å². The van der Waals surface area contributed by atoms with E-state index in [1.807, 2.05) is 36.6 Å². The SMILES string of the molecule is COc1ccc([N+](=O)[O-])cc1-n1c(C)cc([C@@H]2[C@H](c3ccccn3)NC(=S)N2c2ccc(C(C)C)cc2)c1C. The van der Waals surface area contributed by atoms with E-state index in [0.717, 1.165) is 28.3 Å². The molecule has 0 radical (unpaired) electrons. The molecular formula is C30H31N5O3S. The molecule has 5 rings (SSSR count). The van der Waals surface area contributed by atoms with Crippen molar-refractivity contribution in [2.75, 3.05) is 12.0 Å². The molecule has 0 amide bonds. The van der Waals surface area contributed by atoms with Crippen molar-refractivity contribution in [1.29, 1.82) is 0 Å². The monoisotopic (exact) mass is 541 g/mol. The minimum atomic E-state index is -0.392. The fourth-order valence-corrected chi connectivity index (χ4v) is 5.74. The first-order valence-corrected chi connectivity index (χ1v) is 13.2. The van der Waals surface area contributed by atoms with Crippen molar-refractivity contribution in [3.63, 3.8) is 0 Å². The standard InChI is InChI=1S/C30H31N5O3S/c1-18(2)21-9-11-22(12-10-21)34-29(28(32-30(34)39)25-8-6-7-15-31-25)24-16-19(3)33(20(24)4)26-17-23(35(36)37)13-14-27(26)38-5/h6-18,28-29H,1-5H3,(H,32,39)/t28-,29+/m0/s1. The summed E-state index contributed by atoms with van der Waals surface area (Å²) < 4.78 is 7.62. The molecule has 39 heavy (non-hydrogen) atoms. The molecule has 0 saturated carbocycles. The summed E-state index contributed by atoms with van der Waals surface area (Å²) in [5, 5.41) is 15.7. The van der Waals surface area contributed by atoms with Gasteiger partial charge in [-0.3, -0.25) is 15.1 Å². The second-order valence-corrected chi connectivity index (χ2v) is 10.4. The van der Waals surface area contributed by atoms with Crippen molar-refractivity contribution in [2.24, 2.45) is 0 Å². The van der Waals surface area contributed by atoms with Gasteiger partial charge in [0.05, 0.1) is 35.5 Å². The average Bonchev–Trinajstić information content (AvgIpc) is 3.43. The molecule has 0 spiro atoms. The molecule has 9 heteroatoms. The molecule has 2 aromatic heterocycles. The van der Waals surface area contributed by atoms with Gasteiger partial charge in [0.25, 0.3) is 5.69 Å². The van der Waals surface area contributed by atoms with E-state index < -0.39 is 4.92 Å². The normalized spacial score (nSPS) is 17.0. The van der Waals surface area contributed by atoms with Crippen molar-refractivity contribution in [3.8, 4) is 11.4 Å². The lowest BCUT2D eigenvalue weighted by Crippen LogP contribution is -2.29. The molecule has 4 aromatic rings. The summed E-state index contributed by atoms with van der Waals surface area (Å²) in [7, 11) is 1.57. The van der Waals surface area contributed by atoms with Crippen LogP contribution in [0.25, 0.3) is 5.69 Å². The van der Waals surface area contributed by atoms with Crippen LogP contribution in [0.15, 0.2) is 72.9 Å². The van der Waals surface area contributed by atoms with Crippen LogP contribution in [-0.2, 0) is 0 Å². The Labute approximate surface area is 233 Å². The van der Waals surface area contributed by atoms with Crippen LogP contribution in [0.2, 0.25) is 0 Å². The molecule has 0 aliphatic carbocycles. The van der Waals surface area contributed by atoms with E-state index in [9.17, 15) is 10.1 Å². The molecule has 0 unspecified atom stereocenters. The molecule has 1 aliphatic heterocycles. The zero-order valence-corrected chi connectivity index (χ0v) is 23.4. The Hall–Kier alpha value is -4.24. The van der Waals surface area contributed by atoms with Crippen molar-refractivity contribution in [2.45, 2.75) is 45.7 Å². The number of thiocarbonyl (C=S) groups is 1. The Kier molecular flexibility index (Phi) is 7.10. The first kappa shape index (κ1) is 26.4. The summed E-state index contributed by atoms with van der Waals surface area (Å²) in [6.45, 7) is 8.37. The van der Waals surface area contributed by atoms with Gasteiger partial charge in [0.1, 0.15) is 5.75 Å². The van der Waals surface area contributed by atoms with Crippen LogP contribution < -0.4 is 15.0 Å². The fraction of sp³-hybridized carbons (Fsp3) is 0.267. The van der Waals surface area contributed by atoms with Gasteiger partial charge in [0.15, 0.2) is 5.11 Å². The largest absolute Gasteiger partial charge is 0.495 e. The maximum Gasteiger partial charge on any atom is 0.271 e. The zero-order valence-electron chi connectivity index (χ0n) is 22.6. The number of rotatable bonds is 7. The van der Waals surface area contributed by atoms with Crippen LogP contribution in [0.5, 0.6) is 5.75 Å². The molecule has 2 aromatic carbocycles. The number of nitro groups is 1. The summed E-state index contributed by atoms with van der Waals surface area (Å²) in [6.07, 6.45) is 1.79. The molecule has 1 fully saturated rings. The van der Waals surface area contributed by atoms with Gasteiger partial charge in [-0.05, 0) is 79.5 Å². The lowest BCUT2D eigenvalue weighted by molar-refractivity contribution is -0.384. The van der Waals surface area contributed by atoms with Crippen LogP contribution >= 0.6 is 12.2 Å². The predicted octanol–water partition coefficient (Wildman–Crippen LogP) is 6.71. The number of aryl methyl sites for hydroxylation is 1. The summed E-state index contributed by atoms with van der Waals surface area (Å²) >= 11 is 5.91. The van der Waals surface area contributed by atoms with Crippen LogP contribution in [-0.4, -0.2) is 26.7 Å². The highest BCUT2D eigenvalue weighted by Gasteiger charge is 2.42. The third-order valence-corrected chi connectivity index (χ3v) is 7.65. The highest BCUT2D eigenvalue weighted by Crippen LogP contribution is 2.44. The third-order valence-electron chi connectivity index (χ3n) is 7.34. The van der Waals surface area contributed by atoms with Gasteiger partial charge in [-0.25, -0.2) is 0 Å². The Morgan fingerprint density at radius 1 is 1.08 bits per heavy atom. The maximum atomic E-state index is 11.6. The van der Waals surface area contributed by atoms with Crippen molar-refractivity contribution < 1.29 is 9.66 Å². The highest BCUT2D eigenvalue weighted by molar-refractivity contribution is 7.80. The second-order valence-electron chi connectivity index (χ2n) is 10.0. The minimum absolute atomic E-state index is 0.00166. The fourth-order valence-electron chi connectivity index (χ4n) is 5.39. The van der Waals surface area contributed by atoms with Gasteiger partial charge in [-0.2, -0.15) is 0 Å². The first-order chi connectivity index (χ1) is 18.7. The van der Waals surface area contributed by atoms with Crippen molar-refractivity contribution in [1.82, 2.24) is 14.9 Å². The molecule has 1 aliphatic rings. The Bertz CT molecular complexity index is 1530. The number of nitrogens with one attached hydrogen (secondary N) is 1. The number of anilines is 1. The van der Waals surface area contributed by atoms with E-state index in [4.69, 9.17) is 17.0 Å². The van der Waals surface area contributed by atoms with E-state index in [2.05, 4.69) is 59.4 Å². The maximum absolute atomic E-state index is 11.6. The summed E-state index contributed by atoms with van der Waals surface area (Å²) in [6, 6.07) is 20.7. The number of ether oxygens (including phenoxy) is 1. The lowest BCUT2D eigenvalue weighted by atomic mass is 9.96. The van der Waals surface area contributed by atoms with Crippen LogP contribution in [0.4, 0.5) is 11.4 Å². The van der Waals surface area contributed by atoms with Crippen LogP contribution in [0, 0.1) is 24.0 Å². The first-order valence-electron chi connectivity index (χ1n) is 12.8. The van der Waals surface area contributed by atoms with Gasteiger partial charge in [0, 0.05) is 35.4 Å². The van der Waals surface area contributed by atoms with Crippen molar-refractivity contribution in [3.05, 3.63) is 111 Å². The number of aromatic nitrogens is 2. The van der Waals surface area contributed by atoms with Gasteiger partial charge >= 0.3 is 0 Å². The lowest BCUT2D eigenvalue weighted by Gasteiger charge is -2.28. The number of hydrogen-bond donors (Lipinski definition) is 1. The molecule has 3 heterocycles. The molecule has 200 valence electrons. The van der Waals surface area contributed by atoms with E-state index in [1.165, 1.54) is 11.6 Å². The minimum Gasteiger partial charge on any atom is -0.495 e. The number of pyridine rings is 1. The molecule has 0 bridgehead atoms. The van der Waals surface area contributed by atoms with E-state index in [0.29, 0.717) is 22.5 Å². The highest BCUT2D eigenvalue weighted by atomic mass is 32.1. The number of nitrogens with zero attached hydrogens (tertiary/aromatic N) is 4. The predicted molar refractivity (Wildman–Crippen MR) is 157 cm³/mol. The summed E-state index contributed by atoms with van der Waals surface area (Å²) in [4.78, 5) is 18.0. The number of benzene rings is 2. The molecule has 8 nitrogen and oxygen atoms in total. The zero-order chi connectivity index (χ0) is 27.8. The Morgan fingerprint density at radius 2 is 1.82 bits per heavy atom. The smallest absolute Gasteiger partial charge is 0.271 e. The Balaban J connectivity index is 1.69. The van der Waals surface area contributed by atoms with E-state index in [1.54, 1.807) is 25.4 Å². The average molecular weight is 542 g/mol. The topological polar surface area (TPSA) is 85.5 Å². The van der Waals surface area contributed by atoms with Gasteiger partial charge in [-0.1, -0.05) is 32.0 Å². The second kappa shape index (κ2) is 10.5. The molecule has 1 N–H and O–H groups in total. The number of nitro benzene ring substituents is 1. The van der Waals surface area contributed by atoms with E-state index >= 15 is 0 Å². The third kappa shape index (κ3) is 4.74.